The van der Waals surface area contributed by atoms with E-state index in [2.05, 4.69) is 15.4 Å². The highest BCUT2D eigenvalue weighted by Crippen LogP contribution is 2.26. The van der Waals surface area contributed by atoms with Crippen molar-refractivity contribution in [1.82, 2.24) is 20.1 Å². The first-order valence-corrected chi connectivity index (χ1v) is 8.43. The van der Waals surface area contributed by atoms with Gasteiger partial charge >= 0.3 is 0 Å². The summed E-state index contributed by atoms with van der Waals surface area (Å²) in [4.78, 5) is 17.4. The molecule has 1 amide bonds. The molecule has 0 bridgehead atoms. The zero-order chi connectivity index (χ0) is 18.0. The number of furan rings is 1. The Balaban J connectivity index is 0.00000182. The van der Waals surface area contributed by atoms with Gasteiger partial charge in [0.2, 0.25) is 0 Å². The van der Waals surface area contributed by atoms with Crippen LogP contribution in [0.3, 0.4) is 0 Å². The molecule has 0 fully saturated rings. The summed E-state index contributed by atoms with van der Waals surface area (Å²) in [5, 5.41) is 8.04. The molecule has 0 aliphatic rings. The molecule has 9 heteroatoms. The minimum Gasteiger partial charge on any atom is -0.463 e. The lowest BCUT2D eigenvalue weighted by atomic mass is 10.1. The maximum absolute atomic E-state index is 12.7. The second kappa shape index (κ2) is 9.73. The number of carbonyl (C=O) groups is 1. The number of halogens is 2. The molecule has 3 N–H and O–H groups in total. The Kier molecular flexibility index (Phi) is 8.27. The van der Waals surface area contributed by atoms with E-state index < -0.39 is 0 Å². The van der Waals surface area contributed by atoms with Gasteiger partial charge in [-0.05, 0) is 45.4 Å². The van der Waals surface area contributed by atoms with Crippen molar-refractivity contribution in [3.63, 3.8) is 0 Å². The Morgan fingerprint density at radius 2 is 2.07 bits per heavy atom. The number of nitrogens with zero attached hydrogens (tertiary/aromatic N) is 3. The highest BCUT2D eigenvalue weighted by atomic mass is 35.5. The average molecular weight is 414 g/mol. The van der Waals surface area contributed by atoms with Crippen LogP contribution in [0.5, 0.6) is 0 Å². The molecular formula is C18H25Cl2N5O2. The zero-order valence-electron chi connectivity index (χ0n) is 15.5. The van der Waals surface area contributed by atoms with E-state index in [1.807, 2.05) is 26.8 Å². The molecule has 3 aromatic rings. The van der Waals surface area contributed by atoms with Crippen LogP contribution in [0.25, 0.3) is 22.5 Å². The fourth-order valence-electron chi connectivity index (χ4n) is 2.64. The number of pyridine rings is 1. The normalized spacial score (nSPS) is 11.7. The van der Waals surface area contributed by atoms with Crippen LogP contribution in [0.1, 0.15) is 43.6 Å². The number of nitrogens with two attached hydrogens (primary N) is 1. The highest BCUT2D eigenvalue weighted by Gasteiger charge is 2.19. The van der Waals surface area contributed by atoms with Crippen molar-refractivity contribution in [2.24, 2.45) is 5.73 Å². The first-order chi connectivity index (χ1) is 12.0. The van der Waals surface area contributed by atoms with E-state index in [0.717, 1.165) is 11.8 Å². The van der Waals surface area contributed by atoms with Crippen LogP contribution in [0, 0.1) is 0 Å². The molecule has 3 rings (SSSR count). The first kappa shape index (κ1) is 23.0. The Bertz CT molecular complexity index is 875. The minimum absolute atomic E-state index is 0. The van der Waals surface area contributed by atoms with Gasteiger partial charge in [-0.25, -0.2) is 9.67 Å². The van der Waals surface area contributed by atoms with Gasteiger partial charge < -0.3 is 15.5 Å². The van der Waals surface area contributed by atoms with Gasteiger partial charge in [0.1, 0.15) is 5.69 Å². The summed E-state index contributed by atoms with van der Waals surface area (Å²) in [5.74, 6) is 0.451. The molecule has 27 heavy (non-hydrogen) atoms. The lowest BCUT2D eigenvalue weighted by Crippen LogP contribution is -2.29. The Morgan fingerprint density at radius 1 is 1.33 bits per heavy atom. The number of hydrogen-bond donors (Lipinski definition) is 2. The fraction of sp³-hybridized carbons (Fsp3) is 0.389. The number of amides is 1. The molecule has 0 aromatic carbocycles. The van der Waals surface area contributed by atoms with Crippen molar-refractivity contribution in [2.45, 2.75) is 39.3 Å². The number of carbonyl (C=O) groups excluding carboxylic acids is 1. The van der Waals surface area contributed by atoms with E-state index in [-0.39, 0.29) is 42.8 Å². The quantitative estimate of drug-likeness (QED) is 0.642. The number of hydrogen-bond acceptors (Lipinski definition) is 5. The van der Waals surface area contributed by atoms with Crippen LogP contribution in [0.4, 0.5) is 0 Å². The monoisotopic (exact) mass is 413 g/mol. The van der Waals surface area contributed by atoms with Crippen molar-refractivity contribution in [1.29, 1.82) is 0 Å². The summed E-state index contributed by atoms with van der Waals surface area (Å²) < 4.78 is 7.26. The lowest BCUT2D eigenvalue weighted by molar-refractivity contribution is 0.0954. The topological polar surface area (TPSA) is 99.0 Å². The third-order valence-corrected chi connectivity index (χ3v) is 3.96. The van der Waals surface area contributed by atoms with Crippen LogP contribution in [-0.2, 0) is 0 Å². The third-order valence-electron chi connectivity index (χ3n) is 3.96. The van der Waals surface area contributed by atoms with E-state index in [4.69, 9.17) is 10.2 Å². The summed E-state index contributed by atoms with van der Waals surface area (Å²) in [6.07, 6.45) is 3.99. The first-order valence-electron chi connectivity index (χ1n) is 8.43. The smallest absolute Gasteiger partial charge is 0.252 e. The molecule has 3 aromatic heterocycles. The number of rotatable bonds is 6. The Hall–Kier alpha value is -2.09. The maximum atomic E-state index is 12.7. The zero-order valence-corrected chi connectivity index (χ0v) is 17.1. The van der Waals surface area contributed by atoms with Crippen LogP contribution in [-0.4, -0.2) is 33.3 Å². The molecule has 1 atom stereocenters. The molecule has 0 spiro atoms. The molecule has 0 aliphatic carbocycles. The SMILES string of the molecule is CC(N)CCNC(=O)c1cc(-c2ccco2)nc2c1cnn2C(C)C.Cl.Cl. The van der Waals surface area contributed by atoms with Gasteiger partial charge in [0.05, 0.1) is 23.4 Å². The van der Waals surface area contributed by atoms with Crippen LogP contribution in [0.15, 0.2) is 35.1 Å². The number of aromatic nitrogens is 3. The largest absolute Gasteiger partial charge is 0.463 e. The number of fused-ring (bicyclic) bond motifs is 1. The predicted octanol–water partition coefficient (Wildman–Crippen LogP) is 3.58. The van der Waals surface area contributed by atoms with Crippen molar-refractivity contribution in [3.05, 3.63) is 36.2 Å². The van der Waals surface area contributed by atoms with Crippen molar-refractivity contribution >= 4 is 41.8 Å². The maximum Gasteiger partial charge on any atom is 0.252 e. The van der Waals surface area contributed by atoms with E-state index >= 15 is 0 Å². The van der Waals surface area contributed by atoms with Crippen molar-refractivity contribution < 1.29 is 9.21 Å². The van der Waals surface area contributed by atoms with Gasteiger partial charge in [-0.2, -0.15) is 5.10 Å². The fourth-order valence-corrected chi connectivity index (χ4v) is 2.64. The second-order valence-electron chi connectivity index (χ2n) is 6.47. The van der Waals surface area contributed by atoms with E-state index in [0.29, 0.717) is 29.2 Å². The van der Waals surface area contributed by atoms with Crippen LogP contribution < -0.4 is 11.1 Å². The summed E-state index contributed by atoms with van der Waals surface area (Å²) >= 11 is 0. The minimum atomic E-state index is -0.163. The summed E-state index contributed by atoms with van der Waals surface area (Å²) in [6, 6.07) is 5.53. The van der Waals surface area contributed by atoms with Crippen molar-refractivity contribution in [2.75, 3.05) is 6.54 Å². The molecular weight excluding hydrogens is 389 g/mol. The molecule has 3 heterocycles. The molecule has 0 radical (unpaired) electrons. The molecule has 148 valence electrons. The predicted molar refractivity (Wildman–Crippen MR) is 111 cm³/mol. The lowest BCUT2D eigenvalue weighted by Gasteiger charge is -2.11. The molecule has 0 aliphatic heterocycles. The summed E-state index contributed by atoms with van der Waals surface area (Å²) in [5.41, 5.74) is 7.56. The van der Waals surface area contributed by atoms with Gasteiger partial charge in [0.15, 0.2) is 11.4 Å². The van der Waals surface area contributed by atoms with Gasteiger partial charge in [-0.3, -0.25) is 4.79 Å². The van der Waals surface area contributed by atoms with Gasteiger partial charge in [-0.15, -0.1) is 24.8 Å². The Morgan fingerprint density at radius 3 is 2.67 bits per heavy atom. The summed E-state index contributed by atoms with van der Waals surface area (Å²) in [7, 11) is 0. The standard InChI is InChI=1S/C18H23N5O2.2ClH/c1-11(2)23-17-14(10-21-23)13(18(24)20-7-6-12(3)19)9-15(22-17)16-5-4-8-25-16;;/h4-5,8-12H,6-7,19H2,1-3H3,(H,20,24);2*1H. The van der Waals surface area contributed by atoms with Gasteiger partial charge in [0, 0.05) is 18.6 Å². The third kappa shape index (κ3) is 5.00. The van der Waals surface area contributed by atoms with Crippen LogP contribution >= 0.6 is 24.8 Å². The molecule has 7 nitrogen and oxygen atoms in total. The molecule has 1 unspecified atom stereocenters. The van der Waals surface area contributed by atoms with E-state index in [9.17, 15) is 4.79 Å². The van der Waals surface area contributed by atoms with E-state index in [1.165, 1.54) is 0 Å². The number of nitrogens with one attached hydrogen (secondary N) is 1. The van der Waals surface area contributed by atoms with Gasteiger partial charge in [-0.1, -0.05) is 0 Å². The molecule has 0 saturated heterocycles. The van der Waals surface area contributed by atoms with Crippen molar-refractivity contribution in [3.8, 4) is 11.5 Å². The summed E-state index contributed by atoms with van der Waals surface area (Å²) in [6.45, 7) is 6.49. The van der Waals surface area contributed by atoms with E-state index in [1.54, 1.807) is 29.3 Å². The van der Waals surface area contributed by atoms with Gasteiger partial charge in [0.25, 0.3) is 5.91 Å². The van der Waals surface area contributed by atoms with Crippen LogP contribution in [0.2, 0.25) is 0 Å². The highest BCUT2D eigenvalue weighted by molar-refractivity contribution is 6.06. The second-order valence-corrected chi connectivity index (χ2v) is 6.47. The average Bonchev–Trinajstić information content (AvgIpc) is 3.22. The Labute approximate surface area is 170 Å². The molecule has 0 saturated carbocycles.